The lowest BCUT2D eigenvalue weighted by Crippen LogP contribution is -2.26. The molecule has 1 heterocycles. The molecule has 0 atom stereocenters. The van der Waals surface area contributed by atoms with Gasteiger partial charge < -0.3 is 37.9 Å². The third kappa shape index (κ3) is 41.9. The summed E-state index contributed by atoms with van der Waals surface area (Å²) >= 11 is 0. The highest BCUT2D eigenvalue weighted by molar-refractivity contribution is 5.69. The summed E-state index contributed by atoms with van der Waals surface area (Å²) in [6.45, 7) is 14.6. The van der Waals surface area contributed by atoms with Crippen molar-refractivity contribution in [3.8, 4) is 0 Å². The third-order valence-electron chi connectivity index (χ3n) is 11.5. The van der Waals surface area contributed by atoms with Gasteiger partial charge in [0, 0.05) is 45.8 Å². The Kier molecular flexibility index (Phi) is 45.4. The zero-order valence-corrected chi connectivity index (χ0v) is 43.7. The maximum absolute atomic E-state index is 12.8. The molecule has 0 aromatic rings. The fourth-order valence-corrected chi connectivity index (χ4v) is 7.52. The van der Waals surface area contributed by atoms with Gasteiger partial charge in [-0.05, 0) is 167 Å². The first-order chi connectivity index (χ1) is 33.4. The second kappa shape index (κ2) is 49.0. The molecule has 0 amide bonds. The van der Waals surface area contributed by atoms with Crippen LogP contribution < -0.4 is 0 Å². The van der Waals surface area contributed by atoms with Gasteiger partial charge in [0.1, 0.15) is 12.7 Å². The molecule has 12 nitrogen and oxygen atoms in total. The number of carbonyl (C=O) groups is 3. The van der Waals surface area contributed by atoms with E-state index in [-0.39, 0.29) is 44.1 Å². The molecule has 0 unspecified atom stereocenters. The number of rotatable bonds is 48. The van der Waals surface area contributed by atoms with E-state index < -0.39 is 18.7 Å². The number of ether oxygens (including phenoxy) is 8. The first-order valence-corrected chi connectivity index (χ1v) is 27.3. The minimum Gasteiger partial charge on any atom is -0.466 e. The van der Waals surface area contributed by atoms with E-state index >= 15 is 0 Å². The molecule has 0 saturated carbocycles. The zero-order valence-electron chi connectivity index (χ0n) is 43.7. The predicted molar refractivity (Wildman–Crippen MR) is 274 cm³/mol. The van der Waals surface area contributed by atoms with E-state index in [1.165, 1.54) is 12.8 Å². The normalized spacial score (nSPS) is 13.5. The largest absolute Gasteiger partial charge is 0.508 e. The van der Waals surface area contributed by atoms with Gasteiger partial charge in [-0.25, -0.2) is 4.79 Å². The maximum atomic E-state index is 12.8. The van der Waals surface area contributed by atoms with Crippen molar-refractivity contribution in [2.75, 3.05) is 65.9 Å². The number of carbonyl (C=O) groups excluding carboxylic acids is 3. The standard InChI is InChI=1S/C56H99NO11/c1-5-9-13-17-21-29-46-63-54(64-47-30-22-18-14-10-6-2)39-37-52(58)61-44-33-25-35-51(68-56(60)67-50-43-57-41-27-28-42-57)36-26-34-45-62-53(59)38-40-55(65-48-31-23-19-15-11-7-3)66-49-32-24-20-16-12-8-4/h9-16,51,54-55H,5-8,17-50H2,1-4H3/b13-9-,14-10-,15-11-,16-12-. The molecule has 1 aliphatic rings. The minimum atomic E-state index is -0.659. The van der Waals surface area contributed by atoms with Gasteiger partial charge in [0.25, 0.3) is 0 Å². The van der Waals surface area contributed by atoms with E-state index in [0.29, 0.717) is 90.9 Å². The van der Waals surface area contributed by atoms with Crippen molar-refractivity contribution in [1.29, 1.82) is 0 Å². The van der Waals surface area contributed by atoms with Gasteiger partial charge in [0.05, 0.1) is 26.1 Å². The predicted octanol–water partition coefficient (Wildman–Crippen LogP) is 13.9. The molecule has 1 aliphatic heterocycles. The minimum absolute atomic E-state index is 0.222. The van der Waals surface area contributed by atoms with Crippen molar-refractivity contribution < 1.29 is 52.3 Å². The van der Waals surface area contributed by atoms with Crippen LogP contribution in [-0.4, -0.2) is 108 Å². The van der Waals surface area contributed by atoms with Gasteiger partial charge >= 0.3 is 18.1 Å². The Morgan fingerprint density at radius 2 is 0.794 bits per heavy atom. The Balaban J connectivity index is 2.55. The van der Waals surface area contributed by atoms with Crippen LogP contribution in [-0.2, 0) is 47.5 Å². The Labute approximate surface area is 414 Å². The number of hydrogen-bond acceptors (Lipinski definition) is 12. The third-order valence-corrected chi connectivity index (χ3v) is 11.5. The first kappa shape index (κ1) is 63.0. The molecule has 0 bridgehead atoms. The summed E-state index contributed by atoms with van der Waals surface area (Å²) in [5.74, 6) is -0.540. The number of unbranched alkanes of at least 4 members (excludes halogenated alkanes) is 10. The lowest BCUT2D eigenvalue weighted by molar-refractivity contribution is -0.159. The lowest BCUT2D eigenvalue weighted by Gasteiger charge is -2.19. The van der Waals surface area contributed by atoms with Gasteiger partial charge in [-0.1, -0.05) is 76.3 Å². The van der Waals surface area contributed by atoms with Crippen LogP contribution in [0, 0.1) is 0 Å². The molecule has 394 valence electrons. The van der Waals surface area contributed by atoms with E-state index in [1.54, 1.807) is 0 Å². The van der Waals surface area contributed by atoms with Crippen molar-refractivity contribution in [1.82, 2.24) is 4.90 Å². The Bertz CT molecular complexity index is 1150. The van der Waals surface area contributed by atoms with Crippen molar-refractivity contribution in [2.24, 2.45) is 0 Å². The Morgan fingerprint density at radius 1 is 0.426 bits per heavy atom. The van der Waals surface area contributed by atoms with Crippen molar-refractivity contribution >= 4 is 18.1 Å². The summed E-state index contributed by atoms with van der Waals surface area (Å²) in [6.07, 6.45) is 39.7. The Morgan fingerprint density at radius 3 is 1.16 bits per heavy atom. The average Bonchev–Trinajstić information content (AvgIpc) is 3.86. The quantitative estimate of drug-likeness (QED) is 0.0189. The summed E-state index contributed by atoms with van der Waals surface area (Å²) in [7, 11) is 0. The molecule has 0 spiro atoms. The van der Waals surface area contributed by atoms with Crippen LogP contribution in [0.2, 0.25) is 0 Å². The number of likely N-dealkylation sites (tertiary alicyclic amines) is 1. The van der Waals surface area contributed by atoms with Crippen LogP contribution >= 0.6 is 0 Å². The monoisotopic (exact) mass is 962 g/mol. The van der Waals surface area contributed by atoms with Crippen LogP contribution in [0.3, 0.4) is 0 Å². The molecule has 0 aromatic heterocycles. The maximum Gasteiger partial charge on any atom is 0.508 e. The summed E-state index contributed by atoms with van der Waals surface area (Å²) in [5.41, 5.74) is 0. The highest BCUT2D eigenvalue weighted by atomic mass is 16.7. The highest BCUT2D eigenvalue weighted by Gasteiger charge is 2.19. The number of allylic oxidation sites excluding steroid dienone is 8. The second-order valence-electron chi connectivity index (χ2n) is 17.7. The van der Waals surface area contributed by atoms with Crippen molar-refractivity contribution in [3.63, 3.8) is 0 Å². The van der Waals surface area contributed by atoms with Gasteiger partial charge in [-0.2, -0.15) is 0 Å². The second-order valence-corrected chi connectivity index (χ2v) is 17.7. The lowest BCUT2D eigenvalue weighted by atomic mass is 10.1. The van der Waals surface area contributed by atoms with E-state index in [1.807, 2.05) is 0 Å². The summed E-state index contributed by atoms with van der Waals surface area (Å²) in [6, 6.07) is 0. The van der Waals surface area contributed by atoms with Crippen LogP contribution in [0.4, 0.5) is 4.79 Å². The number of esters is 2. The van der Waals surface area contributed by atoms with E-state index in [4.69, 9.17) is 37.9 Å². The van der Waals surface area contributed by atoms with E-state index in [2.05, 4.69) is 81.2 Å². The van der Waals surface area contributed by atoms with Gasteiger partial charge in [-0.15, -0.1) is 0 Å². The molecular formula is C56H99NO11. The average molecular weight is 962 g/mol. The molecule has 1 saturated heterocycles. The Hall–Kier alpha value is -3.03. The fraction of sp³-hybridized carbons (Fsp3) is 0.804. The smallest absolute Gasteiger partial charge is 0.466 e. The molecule has 1 fully saturated rings. The fourth-order valence-electron chi connectivity index (χ4n) is 7.52. The van der Waals surface area contributed by atoms with Crippen LogP contribution in [0.1, 0.15) is 207 Å². The van der Waals surface area contributed by atoms with Crippen LogP contribution in [0.5, 0.6) is 0 Å². The number of nitrogens with zero attached hydrogens (tertiary/aromatic N) is 1. The number of hydrogen-bond donors (Lipinski definition) is 0. The van der Waals surface area contributed by atoms with Crippen LogP contribution in [0.25, 0.3) is 0 Å². The zero-order chi connectivity index (χ0) is 49.2. The molecule has 0 aromatic carbocycles. The van der Waals surface area contributed by atoms with Crippen molar-refractivity contribution in [2.45, 2.75) is 226 Å². The summed E-state index contributed by atoms with van der Waals surface area (Å²) in [5, 5.41) is 0. The van der Waals surface area contributed by atoms with Gasteiger partial charge in [0.15, 0.2) is 12.6 Å². The van der Waals surface area contributed by atoms with Gasteiger partial charge in [0.2, 0.25) is 0 Å². The molecule has 68 heavy (non-hydrogen) atoms. The van der Waals surface area contributed by atoms with Gasteiger partial charge in [-0.3, -0.25) is 14.5 Å². The first-order valence-electron chi connectivity index (χ1n) is 27.3. The van der Waals surface area contributed by atoms with Crippen LogP contribution in [0.15, 0.2) is 48.6 Å². The van der Waals surface area contributed by atoms with E-state index in [9.17, 15) is 14.4 Å². The van der Waals surface area contributed by atoms with Crippen molar-refractivity contribution in [3.05, 3.63) is 48.6 Å². The molecule has 0 aliphatic carbocycles. The molecular weight excluding hydrogens is 863 g/mol. The molecule has 1 rings (SSSR count). The summed E-state index contributed by atoms with van der Waals surface area (Å²) in [4.78, 5) is 40.5. The SMILES string of the molecule is CC/C=C\CCCCOC(CCC(=O)OCCCCC(CCCCOC(=O)CCC(OCCCC/C=C\CC)OCCCC/C=C\CC)OC(=O)OCCN1CCCC1)OCCCC/C=C\CC. The molecule has 0 N–H and O–H groups in total. The highest BCUT2D eigenvalue weighted by Crippen LogP contribution is 2.17. The van der Waals surface area contributed by atoms with E-state index in [0.717, 1.165) is 116 Å². The topological polar surface area (TPSA) is 128 Å². The summed E-state index contributed by atoms with van der Waals surface area (Å²) < 4.78 is 46.7. The molecule has 0 radical (unpaired) electrons. The molecule has 12 heteroatoms.